The molecule has 130 valence electrons. The molecule has 1 aliphatic rings. The highest BCUT2D eigenvalue weighted by molar-refractivity contribution is 5.99. The molecule has 2 N–H and O–H groups in total. The van der Waals surface area contributed by atoms with E-state index in [1.807, 2.05) is 6.92 Å². The number of carbonyl (C=O) groups is 3. The molecule has 1 saturated heterocycles. The van der Waals surface area contributed by atoms with Gasteiger partial charge in [-0.3, -0.25) is 14.4 Å². The third-order valence-electron chi connectivity index (χ3n) is 3.84. The van der Waals surface area contributed by atoms with Gasteiger partial charge in [0.05, 0.1) is 0 Å². The summed E-state index contributed by atoms with van der Waals surface area (Å²) in [6.07, 6.45) is 1.47. The summed E-state index contributed by atoms with van der Waals surface area (Å²) >= 11 is 0. The molecule has 0 unspecified atom stereocenters. The Balaban J connectivity index is 2.11. The van der Waals surface area contributed by atoms with E-state index < -0.39 is 6.04 Å². The van der Waals surface area contributed by atoms with Crippen molar-refractivity contribution >= 4 is 23.4 Å². The highest BCUT2D eigenvalue weighted by atomic mass is 16.5. The Morgan fingerprint density at radius 1 is 1.33 bits per heavy atom. The molecule has 1 atom stereocenters. The Labute approximate surface area is 141 Å². The molecule has 1 aliphatic heterocycles. The van der Waals surface area contributed by atoms with Crippen LogP contribution < -0.4 is 10.6 Å². The van der Waals surface area contributed by atoms with Crippen LogP contribution in [-0.2, 0) is 14.3 Å². The van der Waals surface area contributed by atoms with Gasteiger partial charge in [-0.1, -0.05) is 6.07 Å². The normalized spacial score (nSPS) is 16.8. The van der Waals surface area contributed by atoms with Gasteiger partial charge in [0.1, 0.15) is 12.6 Å². The van der Waals surface area contributed by atoms with E-state index in [4.69, 9.17) is 4.74 Å². The predicted molar refractivity (Wildman–Crippen MR) is 89.7 cm³/mol. The number of likely N-dealkylation sites (tertiary alicyclic amines) is 1. The number of hydrogen-bond acceptors (Lipinski definition) is 4. The molecule has 1 aromatic carbocycles. The molecule has 1 heterocycles. The topological polar surface area (TPSA) is 87.7 Å². The van der Waals surface area contributed by atoms with Crippen molar-refractivity contribution in [3.05, 3.63) is 29.8 Å². The van der Waals surface area contributed by atoms with Crippen LogP contribution in [-0.4, -0.2) is 55.5 Å². The second kappa shape index (κ2) is 8.44. The van der Waals surface area contributed by atoms with Crippen LogP contribution in [0.4, 0.5) is 5.69 Å². The quantitative estimate of drug-likeness (QED) is 0.813. The molecule has 7 heteroatoms. The average molecular weight is 333 g/mol. The molecule has 2 rings (SSSR count). The lowest BCUT2D eigenvalue weighted by molar-refractivity contribution is -0.124. The fourth-order valence-electron chi connectivity index (χ4n) is 2.80. The summed E-state index contributed by atoms with van der Waals surface area (Å²) in [5.41, 5.74) is 0.970. The number of likely N-dealkylation sites (N-methyl/N-ethyl adjacent to an activating group) is 1. The van der Waals surface area contributed by atoms with E-state index in [9.17, 15) is 14.4 Å². The van der Waals surface area contributed by atoms with Gasteiger partial charge in [-0.25, -0.2) is 0 Å². The number of carbonyl (C=O) groups excluding carboxylic acids is 3. The Kier molecular flexibility index (Phi) is 6.31. The van der Waals surface area contributed by atoms with E-state index in [0.717, 1.165) is 6.42 Å². The van der Waals surface area contributed by atoms with E-state index in [2.05, 4.69) is 10.6 Å². The fraction of sp³-hybridized carbons (Fsp3) is 0.471. The number of rotatable bonds is 6. The van der Waals surface area contributed by atoms with Gasteiger partial charge in [0.2, 0.25) is 11.8 Å². The number of nitrogens with one attached hydrogen (secondary N) is 2. The number of nitrogens with zero attached hydrogens (tertiary/aromatic N) is 1. The van der Waals surface area contributed by atoms with Crippen molar-refractivity contribution in [2.75, 3.05) is 32.1 Å². The molecule has 0 aliphatic carbocycles. The van der Waals surface area contributed by atoms with Gasteiger partial charge in [-0.2, -0.15) is 0 Å². The minimum absolute atomic E-state index is 0.0520. The largest absolute Gasteiger partial charge is 0.375 e. The van der Waals surface area contributed by atoms with Crippen molar-refractivity contribution in [2.24, 2.45) is 0 Å². The van der Waals surface area contributed by atoms with Crippen LogP contribution >= 0.6 is 0 Å². The summed E-state index contributed by atoms with van der Waals surface area (Å²) in [5.74, 6) is -0.608. The minimum Gasteiger partial charge on any atom is -0.375 e. The van der Waals surface area contributed by atoms with Gasteiger partial charge in [-0.15, -0.1) is 0 Å². The van der Waals surface area contributed by atoms with Crippen molar-refractivity contribution < 1.29 is 19.1 Å². The number of ether oxygens (including phenoxy) is 1. The van der Waals surface area contributed by atoms with E-state index in [1.165, 1.54) is 7.11 Å². The number of amides is 3. The summed E-state index contributed by atoms with van der Waals surface area (Å²) in [6, 6.07) is 6.27. The molecule has 7 nitrogen and oxygen atoms in total. The van der Waals surface area contributed by atoms with Gasteiger partial charge >= 0.3 is 0 Å². The maximum Gasteiger partial charge on any atom is 0.254 e. The fourth-order valence-corrected chi connectivity index (χ4v) is 2.80. The predicted octanol–water partition coefficient (Wildman–Crippen LogP) is 1.01. The highest BCUT2D eigenvalue weighted by Crippen LogP contribution is 2.21. The standard InChI is InChI=1S/C17H23N3O4/c1-3-18-16(22)14-8-5-9-20(14)17(23)12-6-4-7-13(10-12)19-15(21)11-24-2/h4,6-7,10,14H,3,5,8-9,11H2,1-2H3,(H,18,22)(H,19,21)/t14-/m1/s1. The number of hydrogen-bond donors (Lipinski definition) is 2. The first-order valence-electron chi connectivity index (χ1n) is 8.04. The first-order chi connectivity index (χ1) is 11.6. The van der Waals surface area contributed by atoms with Gasteiger partial charge in [0, 0.05) is 31.5 Å². The summed E-state index contributed by atoms with van der Waals surface area (Å²) in [7, 11) is 1.44. The molecule has 0 bridgehead atoms. The van der Waals surface area contributed by atoms with Crippen molar-refractivity contribution in [3.8, 4) is 0 Å². The Morgan fingerprint density at radius 2 is 2.12 bits per heavy atom. The van der Waals surface area contributed by atoms with Crippen molar-refractivity contribution in [1.29, 1.82) is 0 Å². The average Bonchev–Trinajstić information content (AvgIpc) is 3.04. The van der Waals surface area contributed by atoms with Crippen molar-refractivity contribution in [2.45, 2.75) is 25.8 Å². The molecule has 0 spiro atoms. The smallest absolute Gasteiger partial charge is 0.254 e. The summed E-state index contributed by atoms with van der Waals surface area (Å²) < 4.78 is 4.77. The minimum atomic E-state index is -0.427. The number of benzene rings is 1. The molecular weight excluding hydrogens is 310 g/mol. The van der Waals surface area contributed by atoms with E-state index in [-0.39, 0.29) is 24.3 Å². The molecule has 1 fully saturated rings. The zero-order valence-corrected chi connectivity index (χ0v) is 14.0. The van der Waals surface area contributed by atoms with Crippen LogP contribution in [0.5, 0.6) is 0 Å². The van der Waals surface area contributed by atoms with Crippen molar-refractivity contribution in [1.82, 2.24) is 10.2 Å². The zero-order valence-electron chi connectivity index (χ0n) is 14.0. The summed E-state index contributed by atoms with van der Waals surface area (Å²) in [6.45, 7) is 2.90. The third-order valence-corrected chi connectivity index (χ3v) is 3.84. The second-order valence-corrected chi connectivity index (χ2v) is 5.61. The van der Waals surface area contributed by atoms with E-state index in [0.29, 0.717) is 30.8 Å². The zero-order chi connectivity index (χ0) is 17.5. The summed E-state index contributed by atoms with van der Waals surface area (Å²) in [5, 5.41) is 5.44. The Hall–Kier alpha value is -2.41. The van der Waals surface area contributed by atoms with Crippen LogP contribution in [0.3, 0.4) is 0 Å². The molecule has 0 aromatic heterocycles. The van der Waals surface area contributed by atoms with Crippen LogP contribution in [0.15, 0.2) is 24.3 Å². The lowest BCUT2D eigenvalue weighted by Gasteiger charge is -2.24. The van der Waals surface area contributed by atoms with Crippen LogP contribution in [0, 0.1) is 0 Å². The highest BCUT2D eigenvalue weighted by Gasteiger charge is 2.34. The van der Waals surface area contributed by atoms with Gasteiger partial charge in [0.25, 0.3) is 5.91 Å². The lowest BCUT2D eigenvalue weighted by Crippen LogP contribution is -2.45. The molecular formula is C17H23N3O4. The lowest BCUT2D eigenvalue weighted by atomic mass is 10.1. The third kappa shape index (κ3) is 4.32. The number of anilines is 1. The second-order valence-electron chi connectivity index (χ2n) is 5.61. The van der Waals surface area contributed by atoms with Gasteiger partial charge in [-0.05, 0) is 38.0 Å². The SMILES string of the molecule is CCNC(=O)[C@H]1CCCN1C(=O)c1cccc(NC(=O)COC)c1. The molecule has 24 heavy (non-hydrogen) atoms. The molecule has 0 radical (unpaired) electrons. The van der Waals surface area contributed by atoms with Crippen LogP contribution in [0.1, 0.15) is 30.1 Å². The Morgan fingerprint density at radius 3 is 2.83 bits per heavy atom. The van der Waals surface area contributed by atoms with Crippen LogP contribution in [0.25, 0.3) is 0 Å². The van der Waals surface area contributed by atoms with Gasteiger partial charge in [0.15, 0.2) is 0 Å². The van der Waals surface area contributed by atoms with Crippen LogP contribution in [0.2, 0.25) is 0 Å². The Bertz CT molecular complexity index is 618. The summed E-state index contributed by atoms with van der Waals surface area (Å²) in [4.78, 5) is 38.0. The molecule has 3 amide bonds. The first-order valence-corrected chi connectivity index (χ1v) is 8.04. The monoisotopic (exact) mass is 333 g/mol. The molecule has 1 aromatic rings. The van der Waals surface area contributed by atoms with E-state index >= 15 is 0 Å². The van der Waals surface area contributed by atoms with Gasteiger partial charge < -0.3 is 20.3 Å². The van der Waals surface area contributed by atoms with E-state index in [1.54, 1.807) is 29.2 Å². The maximum absolute atomic E-state index is 12.7. The first kappa shape index (κ1) is 17.9. The molecule has 0 saturated carbocycles. The van der Waals surface area contributed by atoms with Crippen molar-refractivity contribution in [3.63, 3.8) is 0 Å². The maximum atomic E-state index is 12.7. The number of methoxy groups -OCH3 is 1.